The van der Waals surface area contributed by atoms with Crippen LogP contribution in [0.2, 0.25) is 0 Å². The molecular weight excluding hydrogens is 376 g/mol. The standard InChI is InChI=1S/C26H40O.2C2H6/c1-18(2)7-5-6-8-19-10-12-23-22-11-9-20-17-21(27)13-15-26(20,4)24(22)14-16-25(19,23)3;2*1-2/h5-6,18-20,23H,7-17H2,1-4H3;2*1-2H3/b6-5+;;. The Morgan fingerprint density at radius 1 is 0.935 bits per heavy atom. The van der Waals surface area contributed by atoms with Crippen LogP contribution in [0.5, 0.6) is 0 Å². The van der Waals surface area contributed by atoms with Crippen molar-refractivity contribution in [3.63, 3.8) is 0 Å². The molecule has 31 heavy (non-hydrogen) atoms. The minimum atomic E-state index is 0.345. The Balaban J connectivity index is 0.000000807. The Morgan fingerprint density at radius 2 is 1.65 bits per heavy atom. The van der Waals surface area contributed by atoms with Crippen LogP contribution >= 0.6 is 0 Å². The zero-order chi connectivity index (χ0) is 23.2. The second-order valence-electron chi connectivity index (χ2n) is 11.1. The third-order valence-electron chi connectivity index (χ3n) is 9.20. The summed E-state index contributed by atoms with van der Waals surface area (Å²) < 4.78 is 0. The third kappa shape index (κ3) is 5.22. The largest absolute Gasteiger partial charge is 0.300 e. The van der Waals surface area contributed by atoms with Crippen LogP contribution in [0.15, 0.2) is 23.3 Å². The van der Waals surface area contributed by atoms with Crippen molar-refractivity contribution in [2.75, 3.05) is 0 Å². The summed E-state index contributed by atoms with van der Waals surface area (Å²) in [5.41, 5.74) is 4.56. The molecule has 0 heterocycles. The fourth-order valence-corrected chi connectivity index (χ4v) is 7.37. The van der Waals surface area contributed by atoms with Gasteiger partial charge in [0.15, 0.2) is 0 Å². The molecule has 0 saturated heterocycles. The summed E-state index contributed by atoms with van der Waals surface area (Å²) in [5.74, 6) is 3.64. The lowest BCUT2D eigenvalue weighted by molar-refractivity contribution is -0.124. The number of ketones is 1. The molecule has 0 aromatic rings. The monoisotopic (exact) mass is 428 g/mol. The summed E-state index contributed by atoms with van der Waals surface area (Å²) in [6.45, 7) is 17.8. The number of rotatable bonds is 4. The lowest BCUT2D eigenvalue weighted by Crippen LogP contribution is -2.44. The Kier molecular flexibility index (Phi) is 9.65. The van der Waals surface area contributed by atoms with Crippen LogP contribution in [0, 0.1) is 34.5 Å². The van der Waals surface area contributed by atoms with Crippen LogP contribution in [-0.2, 0) is 4.79 Å². The minimum Gasteiger partial charge on any atom is -0.300 e. The second kappa shape index (κ2) is 11.3. The van der Waals surface area contributed by atoms with Crippen molar-refractivity contribution in [1.82, 2.24) is 0 Å². The highest BCUT2D eigenvalue weighted by Gasteiger charge is 2.54. The van der Waals surface area contributed by atoms with Gasteiger partial charge in [0.05, 0.1) is 0 Å². The lowest BCUT2D eigenvalue weighted by atomic mass is 9.51. The van der Waals surface area contributed by atoms with Gasteiger partial charge in [-0.2, -0.15) is 0 Å². The maximum Gasteiger partial charge on any atom is 0.133 e. The van der Waals surface area contributed by atoms with Crippen molar-refractivity contribution >= 4 is 5.78 Å². The summed E-state index contributed by atoms with van der Waals surface area (Å²) in [7, 11) is 0. The smallest absolute Gasteiger partial charge is 0.133 e. The van der Waals surface area contributed by atoms with E-state index in [-0.39, 0.29) is 0 Å². The molecule has 178 valence electrons. The van der Waals surface area contributed by atoms with E-state index in [1.165, 1.54) is 51.4 Å². The molecule has 2 fully saturated rings. The molecular formula is C30H52O. The molecule has 0 bridgehead atoms. The Morgan fingerprint density at radius 3 is 2.32 bits per heavy atom. The van der Waals surface area contributed by atoms with Crippen LogP contribution in [0.3, 0.4) is 0 Å². The van der Waals surface area contributed by atoms with Crippen LogP contribution in [0.4, 0.5) is 0 Å². The molecule has 4 aliphatic rings. The van der Waals surface area contributed by atoms with Crippen molar-refractivity contribution in [1.29, 1.82) is 0 Å². The zero-order valence-electron chi connectivity index (χ0n) is 22.2. The zero-order valence-corrected chi connectivity index (χ0v) is 22.2. The maximum absolute atomic E-state index is 12.0. The number of Topliss-reactive ketones (excluding diaryl/α,β-unsaturated/α-hetero) is 1. The predicted molar refractivity (Wildman–Crippen MR) is 136 cm³/mol. The van der Waals surface area contributed by atoms with Gasteiger partial charge in [-0.3, -0.25) is 4.79 Å². The third-order valence-corrected chi connectivity index (χ3v) is 9.20. The van der Waals surface area contributed by atoms with E-state index >= 15 is 0 Å². The first-order valence-corrected chi connectivity index (χ1v) is 13.7. The van der Waals surface area contributed by atoms with Gasteiger partial charge in [0.25, 0.3) is 0 Å². The van der Waals surface area contributed by atoms with Gasteiger partial charge >= 0.3 is 0 Å². The SMILES string of the molecule is CC.CC.CC(C)C/C=C/CC1CCC2C3=C(CCC12C)C1(C)CCC(=O)CC1CC3. The van der Waals surface area contributed by atoms with E-state index in [4.69, 9.17) is 0 Å². The van der Waals surface area contributed by atoms with Crippen molar-refractivity contribution in [2.24, 2.45) is 34.5 Å². The van der Waals surface area contributed by atoms with Gasteiger partial charge < -0.3 is 0 Å². The summed E-state index contributed by atoms with van der Waals surface area (Å²) in [6.07, 6.45) is 18.3. The normalized spacial score (nSPS) is 36.8. The Bertz CT molecular complexity index is 653. The highest BCUT2D eigenvalue weighted by Crippen LogP contribution is 2.65. The molecule has 0 amide bonds. The van der Waals surface area contributed by atoms with Crippen molar-refractivity contribution in [3.05, 3.63) is 23.3 Å². The van der Waals surface area contributed by atoms with Crippen molar-refractivity contribution in [2.45, 2.75) is 126 Å². The first-order chi connectivity index (χ1) is 14.8. The van der Waals surface area contributed by atoms with Crippen LogP contribution < -0.4 is 0 Å². The van der Waals surface area contributed by atoms with E-state index in [1.807, 2.05) is 38.8 Å². The average molecular weight is 429 g/mol. The topological polar surface area (TPSA) is 17.1 Å². The van der Waals surface area contributed by atoms with E-state index < -0.39 is 0 Å². The number of hydrogen-bond acceptors (Lipinski definition) is 1. The van der Waals surface area contributed by atoms with Gasteiger partial charge in [-0.25, -0.2) is 0 Å². The molecule has 4 aliphatic carbocycles. The molecule has 2 saturated carbocycles. The molecule has 0 N–H and O–H groups in total. The van der Waals surface area contributed by atoms with Gasteiger partial charge in [-0.05, 0) is 92.3 Å². The first-order valence-electron chi connectivity index (χ1n) is 13.7. The minimum absolute atomic E-state index is 0.345. The summed E-state index contributed by atoms with van der Waals surface area (Å²) in [5, 5.41) is 0. The molecule has 0 radical (unpaired) electrons. The predicted octanol–water partition coefficient (Wildman–Crippen LogP) is 9.32. The van der Waals surface area contributed by atoms with Gasteiger partial charge in [-0.1, -0.05) is 78.7 Å². The Labute approximate surface area is 194 Å². The number of fused-ring (bicyclic) bond motifs is 4. The van der Waals surface area contributed by atoms with Crippen LogP contribution in [0.1, 0.15) is 126 Å². The van der Waals surface area contributed by atoms with Crippen molar-refractivity contribution in [3.8, 4) is 0 Å². The molecule has 4 rings (SSSR count). The van der Waals surface area contributed by atoms with E-state index in [1.54, 1.807) is 0 Å². The van der Waals surface area contributed by atoms with Gasteiger partial charge in [-0.15, -0.1) is 0 Å². The van der Waals surface area contributed by atoms with Crippen LogP contribution in [0.25, 0.3) is 0 Å². The van der Waals surface area contributed by atoms with E-state index in [2.05, 4.69) is 39.8 Å². The average Bonchev–Trinajstić information content (AvgIpc) is 3.11. The van der Waals surface area contributed by atoms with Gasteiger partial charge in [0.2, 0.25) is 0 Å². The van der Waals surface area contributed by atoms with Gasteiger partial charge in [0.1, 0.15) is 5.78 Å². The molecule has 1 nitrogen and oxygen atoms in total. The van der Waals surface area contributed by atoms with E-state index in [0.29, 0.717) is 22.5 Å². The number of hydrogen-bond donors (Lipinski definition) is 0. The highest BCUT2D eigenvalue weighted by atomic mass is 16.1. The lowest BCUT2D eigenvalue weighted by Gasteiger charge is -2.53. The molecule has 5 unspecified atom stereocenters. The fraction of sp³-hybridized carbons (Fsp3) is 0.833. The summed E-state index contributed by atoms with van der Waals surface area (Å²) in [4.78, 5) is 12.0. The Hall–Kier alpha value is -0.850. The molecule has 5 atom stereocenters. The fourth-order valence-electron chi connectivity index (χ4n) is 7.37. The quantitative estimate of drug-likeness (QED) is 0.408. The number of carbonyl (C=O) groups excluding carboxylic acids is 1. The molecule has 0 aromatic heterocycles. The van der Waals surface area contributed by atoms with E-state index in [9.17, 15) is 4.79 Å². The van der Waals surface area contributed by atoms with E-state index in [0.717, 1.165) is 37.0 Å². The summed E-state index contributed by atoms with van der Waals surface area (Å²) in [6, 6.07) is 0. The highest BCUT2D eigenvalue weighted by molar-refractivity contribution is 5.80. The number of carbonyl (C=O) groups is 1. The van der Waals surface area contributed by atoms with Gasteiger partial charge in [0, 0.05) is 12.8 Å². The maximum atomic E-state index is 12.0. The van der Waals surface area contributed by atoms with Crippen LogP contribution in [-0.4, -0.2) is 5.78 Å². The summed E-state index contributed by atoms with van der Waals surface area (Å²) >= 11 is 0. The molecule has 0 aliphatic heterocycles. The first kappa shape index (κ1) is 26.4. The molecule has 1 heteroatoms. The molecule has 0 spiro atoms. The van der Waals surface area contributed by atoms with Crippen molar-refractivity contribution < 1.29 is 4.79 Å². The molecule has 0 aromatic carbocycles. The second-order valence-corrected chi connectivity index (χ2v) is 11.1. The number of allylic oxidation sites excluding steroid dienone is 4.